The molecular weight excluding hydrogens is 270 g/mol. The van der Waals surface area contributed by atoms with Crippen LogP contribution in [0.1, 0.15) is 17.7 Å². The number of hydrogen-bond acceptors (Lipinski definition) is 5. The highest BCUT2D eigenvalue weighted by atomic mass is 32.1. The summed E-state index contributed by atoms with van der Waals surface area (Å²) < 4.78 is 5.40. The van der Waals surface area contributed by atoms with Gasteiger partial charge in [-0.2, -0.15) is 0 Å². The normalized spacial score (nSPS) is 14.3. The second-order valence-electron chi connectivity index (χ2n) is 5.00. The van der Waals surface area contributed by atoms with Crippen LogP contribution in [0.15, 0.2) is 30.5 Å². The van der Waals surface area contributed by atoms with Crippen molar-refractivity contribution >= 4 is 22.2 Å². The molecule has 0 radical (unpaired) electrons. The predicted octanol–water partition coefficient (Wildman–Crippen LogP) is 3.17. The van der Waals surface area contributed by atoms with Gasteiger partial charge in [-0.25, -0.2) is 4.98 Å². The zero-order valence-electron chi connectivity index (χ0n) is 11.8. The Hall–Kier alpha value is -1.59. The summed E-state index contributed by atoms with van der Waals surface area (Å²) in [5, 5.41) is 4.50. The zero-order valence-corrected chi connectivity index (χ0v) is 12.6. The quantitative estimate of drug-likeness (QED) is 0.886. The number of anilines is 2. The Kier molecular flexibility index (Phi) is 3.89. The molecule has 0 amide bonds. The molecule has 2 aromatic rings. The van der Waals surface area contributed by atoms with Gasteiger partial charge in [0, 0.05) is 30.7 Å². The lowest BCUT2D eigenvalue weighted by molar-refractivity contribution is 0.415. The Balaban J connectivity index is 1.73. The van der Waals surface area contributed by atoms with Crippen molar-refractivity contribution in [2.45, 2.75) is 25.4 Å². The molecule has 106 valence electrons. The third-order valence-corrected chi connectivity index (χ3v) is 4.49. The highest BCUT2D eigenvalue weighted by Crippen LogP contribution is 2.34. The molecular formula is C15H19N3OS. The molecule has 5 heteroatoms. The molecule has 1 heterocycles. The molecule has 1 fully saturated rings. The van der Waals surface area contributed by atoms with Crippen molar-refractivity contribution in [1.82, 2.24) is 10.3 Å². The van der Waals surface area contributed by atoms with E-state index in [0.717, 1.165) is 29.2 Å². The van der Waals surface area contributed by atoms with E-state index in [1.807, 2.05) is 37.5 Å². The van der Waals surface area contributed by atoms with Crippen molar-refractivity contribution in [3.05, 3.63) is 35.3 Å². The van der Waals surface area contributed by atoms with Gasteiger partial charge in [-0.15, -0.1) is 11.3 Å². The summed E-state index contributed by atoms with van der Waals surface area (Å²) >= 11 is 1.72. The lowest BCUT2D eigenvalue weighted by atomic mass is 10.3. The van der Waals surface area contributed by atoms with Crippen molar-refractivity contribution in [3.8, 4) is 5.75 Å². The Labute approximate surface area is 123 Å². The summed E-state index contributed by atoms with van der Waals surface area (Å²) in [4.78, 5) is 7.86. The number of methoxy groups -OCH3 is 1. The molecule has 1 N–H and O–H groups in total. The summed E-state index contributed by atoms with van der Waals surface area (Å²) in [6.45, 7) is 0.919. The molecule has 0 saturated heterocycles. The third kappa shape index (κ3) is 2.94. The topological polar surface area (TPSA) is 37.4 Å². The number of para-hydroxylation sites is 2. The fourth-order valence-corrected chi connectivity index (χ4v) is 2.91. The average Bonchev–Trinajstić information content (AvgIpc) is 3.21. The van der Waals surface area contributed by atoms with Gasteiger partial charge in [-0.1, -0.05) is 12.1 Å². The lowest BCUT2D eigenvalue weighted by Gasteiger charge is -2.18. The number of rotatable bonds is 6. The fourth-order valence-electron chi connectivity index (χ4n) is 2.08. The highest BCUT2D eigenvalue weighted by Gasteiger charge is 2.20. The first-order valence-corrected chi connectivity index (χ1v) is 7.64. The Morgan fingerprint density at radius 3 is 2.95 bits per heavy atom. The SMILES string of the molecule is COc1ccccc1N(C)c1ncc(CNC2CC2)s1. The average molecular weight is 289 g/mol. The molecule has 0 atom stereocenters. The number of nitrogens with zero attached hydrogens (tertiary/aromatic N) is 2. The second kappa shape index (κ2) is 5.81. The summed E-state index contributed by atoms with van der Waals surface area (Å²) in [6, 6.07) is 8.73. The number of nitrogens with one attached hydrogen (secondary N) is 1. The van der Waals surface area contributed by atoms with E-state index in [4.69, 9.17) is 4.74 Å². The highest BCUT2D eigenvalue weighted by molar-refractivity contribution is 7.15. The van der Waals surface area contributed by atoms with Gasteiger partial charge in [0.1, 0.15) is 5.75 Å². The first-order chi connectivity index (χ1) is 9.78. The van der Waals surface area contributed by atoms with Crippen molar-refractivity contribution in [1.29, 1.82) is 0 Å². The number of benzene rings is 1. The van der Waals surface area contributed by atoms with E-state index in [1.165, 1.54) is 17.7 Å². The van der Waals surface area contributed by atoms with Gasteiger partial charge in [-0.05, 0) is 25.0 Å². The molecule has 3 rings (SSSR count). The van der Waals surface area contributed by atoms with Crippen LogP contribution in [-0.2, 0) is 6.54 Å². The van der Waals surface area contributed by atoms with Gasteiger partial charge < -0.3 is 15.0 Å². The first kappa shape index (κ1) is 13.4. The molecule has 1 aliphatic carbocycles. The van der Waals surface area contributed by atoms with Crippen LogP contribution in [0.3, 0.4) is 0 Å². The molecule has 20 heavy (non-hydrogen) atoms. The number of aromatic nitrogens is 1. The Morgan fingerprint density at radius 1 is 1.40 bits per heavy atom. The predicted molar refractivity (Wildman–Crippen MR) is 83.0 cm³/mol. The first-order valence-electron chi connectivity index (χ1n) is 6.83. The smallest absolute Gasteiger partial charge is 0.189 e. The zero-order chi connectivity index (χ0) is 13.9. The molecule has 1 aromatic carbocycles. The standard InChI is InChI=1S/C15H19N3OS/c1-18(13-5-3-4-6-14(13)19-2)15-17-10-12(20-15)9-16-11-7-8-11/h3-6,10-11,16H,7-9H2,1-2H3. The minimum Gasteiger partial charge on any atom is -0.495 e. The molecule has 0 spiro atoms. The minimum absolute atomic E-state index is 0.729. The monoisotopic (exact) mass is 289 g/mol. The van der Waals surface area contributed by atoms with E-state index in [2.05, 4.69) is 15.2 Å². The summed E-state index contributed by atoms with van der Waals surface area (Å²) in [6.07, 6.45) is 4.58. The van der Waals surface area contributed by atoms with Gasteiger partial charge in [-0.3, -0.25) is 0 Å². The van der Waals surface area contributed by atoms with E-state index >= 15 is 0 Å². The molecule has 0 aliphatic heterocycles. The van der Waals surface area contributed by atoms with Gasteiger partial charge in [0.25, 0.3) is 0 Å². The summed E-state index contributed by atoms with van der Waals surface area (Å²) in [5.74, 6) is 0.864. The molecule has 1 aliphatic rings. The largest absolute Gasteiger partial charge is 0.495 e. The van der Waals surface area contributed by atoms with Crippen LogP contribution in [0.2, 0.25) is 0 Å². The van der Waals surface area contributed by atoms with Gasteiger partial charge in [0.15, 0.2) is 5.13 Å². The number of ether oxygens (including phenoxy) is 1. The maximum absolute atomic E-state index is 5.40. The molecule has 1 aromatic heterocycles. The second-order valence-corrected chi connectivity index (χ2v) is 6.09. The molecule has 0 bridgehead atoms. The lowest BCUT2D eigenvalue weighted by Crippen LogP contribution is -2.14. The van der Waals surface area contributed by atoms with Crippen LogP contribution in [0.25, 0.3) is 0 Å². The van der Waals surface area contributed by atoms with E-state index < -0.39 is 0 Å². The Morgan fingerprint density at radius 2 is 2.20 bits per heavy atom. The van der Waals surface area contributed by atoms with Crippen LogP contribution in [-0.4, -0.2) is 25.2 Å². The van der Waals surface area contributed by atoms with Crippen LogP contribution in [0.4, 0.5) is 10.8 Å². The van der Waals surface area contributed by atoms with Crippen molar-refractivity contribution < 1.29 is 4.74 Å². The van der Waals surface area contributed by atoms with Crippen LogP contribution >= 0.6 is 11.3 Å². The van der Waals surface area contributed by atoms with Crippen molar-refractivity contribution in [2.75, 3.05) is 19.1 Å². The van der Waals surface area contributed by atoms with Crippen LogP contribution < -0.4 is 15.0 Å². The fraction of sp³-hybridized carbons (Fsp3) is 0.400. The third-order valence-electron chi connectivity index (χ3n) is 3.42. The van der Waals surface area contributed by atoms with Crippen LogP contribution in [0.5, 0.6) is 5.75 Å². The van der Waals surface area contributed by atoms with Crippen molar-refractivity contribution in [2.24, 2.45) is 0 Å². The Bertz CT molecular complexity index is 580. The van der Waals surface area contributed by atoms with E-state index in [0.29, 0.717) is 0 Å². The summed E-state index contributed by atoms with van der Waals surface area (Å²) in [7, 11) is 3.72. The number of thiazole rings is 1. The van der Waals surface area contributed by atoms with E-state index in [-0.39, 0.29) is 0 Å². The van der Waals surface area contributed by atoms with Gasteiger partial charge >= 0.3 is 0 Å². The maximum Gasteiger partial charge on any atom is 0.189 e. The van der Waals surface area contributed by atoms with Crippen molar-refractivity contribution in [3.63, 3.8) is 0 Å². The number of hydrogen-bond donors (Lipinski definition) is 1. The maximum atomic E-state index is 5.40. The van der Waals surface area contributed by atoms with Crippen LogP contribution in [0, 0.1) is 0 Å². The van der Waals surface area contributed by atoms with Gasteiger partial charge in [0.05, 0.1) is 12.8 Å². The van der Waals surface area contributed by atoms with E-state index in [1.54, 1.807) is 18.4 Å². The summed E-state index contributed by atoms with van der Waals surface area (Å²) in [5.41, 5.74) is 1.03. The van der Waals surface area contributed by atoms with E-state index in [9.17, 15) is 0 Å². The van der Waals surface area contributed by atoms with Gasteiger partial charge in [0.2, 0.25) is 0 Å². The molecule has 0 unspecified atom stereocenters. The molecule has 4 nitrogen and oxygen atoms in total. The minimum atomic E-state index is 0.729. The molecule has 1 saturated carbocycles.